The summed E-state index contributed by atoms with van der Waals surface area (Å²) in [4.78, 5) is 0. The summed E-state index contributed by atoms with van der Waals surface area (Å²) in [5.41, 5.74) is 2.87. The molecular weight excluding hydrogens is 188 g/mol. The normalized spacial score (nSPS) is 14.0. The van der Waals surface area contributed by atoms with Gasteiger partial charge in [-0.2, -0.15) is 0 Å². The summed E-state index contributed by atoms with van der Waals surface area (Å²) in [7, 11) is 0. The topological polar surface area (TPSA) is 40.5 Å². The maximum absolute atomic E-state index is 9.55. The molecule has 2 heteroatoms. The van der Waals surface area contributed by atoms with Crippen molar-refractivity contribution in [1.82, 2.24) is 0 Å². The quantitative estimate of drug-likeness (QED) is 0.797. The lowest BCUT2D eigenvalue weighted by Gasteiger charge is -2.11. The van der Waals surface area contributed by atoms with Gasteiger partial charge in [0.25, 0.3) is 0 Å². The molecule has 0 spiro atoms. The van der Waals surface area contributed by atoms with Crippen molar-refractivity contribution in [2.24, 2.45) is 0 Å². The van der Waals surface area contributed by atoms with Crippen molar-refractivity contribution >= 4 is 5.57 Å². The van der Waals surface area contributed by atoms with Crippen LogP contribution in [0.2, 0.25) is 0 Å². The van der Waals surface area contributed by atoms with Crippen molar-refractivity contribution in [3.63, 3.8) is 0 Å². The minimum absolute atomic E-state index is 0.153. The van der Waals surface area contributed by atoms with Crippen molar-refractivity contribution in [2.45, 2.75) is 33.3 Å². The third-order valence-electron chi connectivity index (χ3n) is 2.58. The molecular formula is C13H18O2. The van der Waals surface area contributed by atoms with Crippen molar-refractivity contribution in [3.8, 4) is 5.75 Å². The fourth-order valence-electron chi connectivity index (χ4n) is 1.66. The first kappa shape index (κ1) is 11.8. The zero-order valence-electron chi connectivity index (χ0n) is 9.49. The predicted octanol–water partition coefficient (Wildman–Crippen LogP) is 3.26. The van der Waals surface area contributed by atoms with Gasteiger partial charge in [-0.25, -0.2) is 0 Å². The number of benzene rings is 1. The van der Waals surface area contributed by atoms with Crippen LogP contribution < -0.4 is 0 Å². The molecule has 0 fully saturated rings. The number of aliphatic hydroxyl groups excluding tert-OH is 1. The molecule has 0 aliphatic carbocycles. The first-order valence-electron chi connectivity index (χ1n) is 5.26. The first-order chi connectivity index (χ1) is 7.10. The van der Waals surface area contributed by atoms with E-state index in [9.17, 15) is 10.2 Å². The van der Waals surface area contributed by atoms with Crippen LogP contribution in [-0.4, -0.2) is 10.2 Å². The van der Waals surface area contributed by atoms with E-state index >= 15 is 0 Å². The second-order valence-corrected chi connectivity index (χ2v) is 3.62. The van der Waals surface area contributed by atoms with Crippen LogP contribution in [0.5, 0.6) is 5.75 Å². The summed E-state index contributed by atoms with van der Waals surface area (Å²) in [6, 6.07) is 5.36. The fraction of sp³-hybridized carbons (Fsp3) is 0.385. The summed E-state index contributed by atoms with van der Waals surface area (Å²) in [5.74, 6) is 0.153. The number of allylic oxidation sites excluding steroid dienone is 2. The Bertz CT molecular complexity index is 365. The van der Waals surface area contributed by atoms with E-state index in [4.69, 9.17) is 0 Å². The minimum Gasteiger partial charge on any atom is -0.508 e. The zero-order chi connectivity index (χ0) is 11.4. The van der Waals surface area contributed by atoms with Crippen LogP contribution in [-0.2, 0) is 0 Å². The van der Waals surface area contributed by atoms with E-state index in [0.717, 1.165) is 12.0 Å². The summed E-state index contributed by atoms with van der Waals surface area (Å²) < 4.78 is 0. The third-order valence-corrected chi connectivity index (χ3v) is 2.58. The van der Waals surface area contributed by atoms with Gasteiger partial charge in [0.2, 0.25) is 0 Å². The lowest BCUT2D eigenvalue weighted by atomic mass is 9.98. The molecule has 2 nitrogen and oxygen atoms in total. The van der Waals surface area contributed by atoms with Crippen molar-refractivity contribution < 1.29 is 10.2 Å². The number of hydrogen-bond acceptors (Lipinski definition) is 2. The first-order valence-corrected chi connectivity index (χ1v) is 5.26. The highest BCUT2D eigenvalue weighted by Gasteiger charge is 2.09. The van der Waals surface area contributed by atoms with Gasteiger partial charge >= 0.3 is 0 Å². The standard InChI is InChI=1S/C13H18O2/c1-4-10(5-2)11-6-7-13(15)12(8-11)9(3)14/h4,6-9,14-15H,5H2,1-3H3/b10-4-/t9-/m1/s1. The maximum Gasteiger partial charge on any atom is 0.121 e. The van der Waals surface area contributed by atoms with E-state index in [2.05, 4.69) is 13.0 Å². The summed E-state index contributed by atoms with van der Waals surface area (Å²) >= 11 is 0. The van der Waals surface area contributed by atoms with Gasteiger partial charge in [-0.3, -0.25) is 0 Å². The molecule has 1 atom stereocenters. The van der Waals surface area contributed by atoms with E-state index in [1.165, 1.54) is 5.57 Å². The Hall–Kier alpha value is -1.28. The number of hydrogen-bond donors (Lipinski definition) is 2. The van der Waals surface area contributed by atoms with E-state index in [-0.39, 0.29) is 5.75 Å². The van der Waals surface area contributed by atoms with Crippen LogP contribution in [0, 0.1) is 0 Å². The molecule has 0 saturated heterocycles. The minimum atomic E-state index is -0.639. The van der Waals surface area contributed by atoms with E-state index in [1.54, 1.807) is 13.0 Å². The Morgan fingerprint density at radius 3 is 2.60 bits per heavy atom. The molecule has 0 saturated carbocycles. The van der Waals surface area contributed by atoms with Crippen LogP contribution in [0.15, 0.2) is 24.3 Å². The van der Waals surface area contributed by atoms with Gasteiger partial charge in [0, 0.05) is 5.56 Å². The number of phenols is 1. The van der Waals surface area contributed by atoms with Crippen molar-refractivity contribution in [3.05, 3.63) is 35.4 Å². The van der Waals surface area contributed by atoms with Crippen LogP contribution in [0.1, 0.15) is 44.4 Å². The van der Waals surface area contributed by atoms with Gasteiger partial charge in [-0.05, 0) is 43.5 Å². The van der Waals surface area contributed by atoms with Crippen LogP contribution in [0.3, 0.4) is 0 Å². The van der Waals surface area contributed by atoms with Crippen LogP contribution in [0.4, 0.5) is 0 Å². The monoisotopic (exact) mass is 206 g/mol. The molecule has 0 aliphatic rings. The molecule has 0 heterocycles. The Morgan fingerprint density at radius 1 is 1.47 bits per heavy atom. The highest BCUT2D eigenvalue weighted by atomic mass is 16.3. The van der Waals surface area contributed by atoms with Crippen molar-refractivity contribution in [2.75, 3.05) is 0 Å². The lowest BCUT2D eigenvalue weighted by molar-refractivity contribution is 0.195. The molecule has 1 rings (SSSR count). The summed E-state index contributed by atoms with van der Waals surface area (Å²) in [5, 5.41) is 19.0. The number of rotatable bonds is 3. The molecule has 82 valence electrons. The average molecular weight is 206 g/mol. The molecule has 0 radical (unpaired) electrons. The molecule has 0 aromatic heterocycles. The average Bonchev–Trinajstić information content (AvgIpc) is 2.21. The van der Waals surface area contributed by atoms with E-state index in [0.29, 0.717) is 5.56 Å². The molecule has 1 aromatic rings. The lowest BCUT2D eigenvalue weighted by Crippen LogP contribution is -1.94. The van der Waals surface area contributed by atoms with Gasteiger partial charge < -0.3 is 10.2 Å². The largest absolute Gasteiger partial charge is 0.508 e. The fourth-order valence-corrected chi connectivity index (χ4v) is 1.66. The number of phenolic OH excluding ortho intramolecular Hbond substituents is 1. The Kier molecular flexibility index (Phi) is 3.92. The van der Waals surface area contributed by atoms with Gasteiger partial charge in [0.1, 0.15) is 5.75 Å². The Labute approximate surface area is 90.9 Å². The second kappa shape index (κ2) is 4.99. The Balaban J connectivity index is 3.18. The van der Waals surface area contributed by atoms with Crippen molar-refractivity contribution in [1.29, 1.82) is 0 Å². The predicted molar refractivity (Wildman–Crippen MR) is 62.7 cm³/mol. The van der Waals surface area contributed by atoms with E-state index < -0.39 is 6.10 Å². The molecule has 15 heavy (non-hydrogen) atoms. The van der Waals surface area contributed by atoms with Crippen LogP contribution in [0.25, 0.3) is 5.57 Å². The number of aliphatic hydroxyl groups is 1. The third kappa shape index (κ3) is 2.60. The molecule has 2 N–H and O–H groups in total. The van der Waals surface area contributed by atoms with Gasteiger partial charge in [0.05, 0.1) is 6.10 Å². The van der Waals surface area contributed by atoms with Gasteiger partial charge in [0.15, 0.2) is 0 Å². The molecule has 0 unspecified atom stereocenters. The SMILES string of the molecule is C/C=C(/CC)c1ccc(O)c([C@@H](C)O)c1. The van der Waals surface area contributed by atoms with Crippen LogP contribution >= 0.6 is 0 Å². The summed E-state index contributed by atoms with van der Waals surface area (Å²) in [6.45, 7) is 5.73. The molecule has 1 aromatic carbocycles. The highest BCUT2D eigenvalue weighted by molar-refractivity contribution is 5.66. The number of aromatic hydroxyl groups is 1. The Morgan fingerprint density at radius 2 is 2.13 bits per heavy atom. The molecule has 0 bridgehead atoms. The second-order valence-electron chi connectivity index (χ2n) is 3.62. The van der Waals surface area contributed by atoms with Gasteiger partial charge in [-0.1, -0.05) is 19.1 Å². The van der Waals surface area contributed by atoms with Gasteiger partial charge in [-0.15, -0.1) is 0 Å². The summed E-state index contributed by atoms with van der Waals surface area (Å²) in [6.07, 6.45) is 2.36. The maximum atomic E-state index is 9.55. The van der Waals surface area contributed by atoms with E-state index in [1.807, 2.05) is 19.1 Å². The zero-order valence-corrected chi connectivity index (χ0v) is 9.49. The smallest absolute Gasteiger partial charge is 0.121 e. The molecule has 0 amide bonds. The highest BCUT2D eigenvalue weighted by Crippen LogP contribution is 2.28. The molecule has 0 aliphatic heterocycles.